The molecule has 1 amide bonds. The molecule has 8 nitrogen and oxygen atoms in total. The maximum Gasteiger partial charge on any atom is 0.232 e. The van der Waals surface area contributed by atoms with Crippen LogP contribution in [0.4, 0.5) is 5.69 Å². The van der Waals surface area contributed by atoms with E-state index in [-0.39, 0.29) is 31.8 Å². The van der Waals surface area contributed by atoms with E-state index < -0.39 is 10.0 Å². The van der Waals surface area contributed by atoms with Crippen molar-refractivity contribution in [2.75, 3.05) is 37.1 Å². The number of hydrogen-bond acceptors (Lipinski definition) is 6. The van der Waals surface area contributed by atoms with Crippen LogP contribution in [0, 0.1) is 0 Å². The number of nitrogens with one attached hydrogen (secondary N) is 1. The van der Waals surface area contributed by atoms with Gasteiger partial charge in [0.1, 0.15) is 0 Å². The van der Waals surface area contributed by atoms with Crippen LogP contribution in [0.1, 0.15) is 25.7 Å². The maximum atomic E-state index is 12.1. The molecule has 1 N–H and O–H groups in total. The van der Waals surface area contributed by atoms with E-state index in [1.807, 2.05) is 0 Å². The molecule has 1 atom stereocenters. The van der Waals surface area contributed by atoms with Gasteiger partial charge in [0.25, 0.3) is 0 Å². The fourth-order valence-electron chi connectivity index (χ4n) is 3.03. The van der Waals surface area contributed by atoms with Crippen LogP contribution in [-0.2, 0) is 19.6 Å². The molecule has 0 radical (unpaired) electrons. The summed E-state index contributed by atoms with van der Waals surface area (Å²) in [4.78, 5) is 11.9. The van der Waals surface area contributed by atoms with Crippen molar-refractivity contribution >= 4 is 21.6 Å². The molecule has 3 rings (SSSR count). The molecule has 1 fully saturated rings. The highest BCUT2D eigenvalue weighted by Gasteiger charge is 2.22. The van der Waals surface area contributed by atoms with Crippen LogP contribution in [0.2, 0.25) is 0 Å². The highest BCUT2D eigenvalue weighted by Crippen LogP contribution is 2.36. The standard InChI is InChI=1S/C17H24N2O6S/c1-26(21,22)19(13-6-7-15-16(10-13)25-12-24-15)8-2-5-17(20)18-11-14-4-3-9-23-14/h6-7,10,14H,2-5,8-9,11-12H2,1H3,(H,18,20)/t14-/m1/s1. The topological polar surface area (TPSA) is 94.2 Å². The zero-order valence-corrected chi connectivity index (χ0v) is 15.6. The average Bonchev–Trinajstić information content (AvgIpc) is 3.26. The van der Waals surface area contributed by atoms with E-state index in [2.05, 4.69) is 5.32 Å². The summed E-state index contributed by atoms with van der Waals surface area (Å²) >= 11 is 0. The molecule has 2 aliphatic heterocycles. The molecule has 144 valence electrons. The lowest BCUT2D eigenvalue weighted by molar-refractivity contribution is -0.121. The van der Waals surface area contributed by atoms with Crippen LogP contribution in [0.25, 0.3) is 0 Å². The van der Waals surface area contributed by atoms with E-state index in [1.54, 1.807) is 18.2 Å². The Labute approximate surface area is 153 Å². The number of amides is 1. The predicted molar refractivity (Wildman–Crippen MR) is 96.0 cm³/mol. The van der Waals surface area contributed by atoms with Gasteiger partial charge in [0, 0.05) is 32.2 Å². The summed E-state index contributed by atoms with van der Waals surface area (Å²) < 4.78 is 41.6. The lowest BCUT2D eigenvalue weighted by Gasteiger charge is -2.22. The summed E-state index contributed by atoms with van der Waals surface area (Å²) in [6.45, 7) is 1.60. The van der Waals surface area contributed by atoms with Gasteiger partial charge in [0.05, 0.1) is 18.0 Å². The second-order valence-electron chi connectivity index (χ2n) is 6.42. The summed E-state index contributed by atoms with van der Waals surface area (Å²) in [6.07, 6.45) is 3.91. The van der Waals surface area contributed by atoms with E-state index in [0.717, 1.165) is 25.7 Å². The monoisotopic (exact) mass is 384 g/mol. The van der Waals surface area contributed by atoms with Crippen molar-refractivity contribution in [1.82, 2.24) is 5.32 Å². The second-order valence-corrected chi connectivity index (χ2v) is 8.32. The minimum absolute atomic E-state index is 0.0973. The summed E-state index contributed by atoms with van der Waals surface area (Å²) in [6, 6.07) is 5.00. The Morgan fingerprint density at radius 1 is 1.31 bits per heavy atom. The number of carbonyl (C=O) groups is 1. The minimum atomic E-state index is -3.47. The van der Waals surface area contributed by atoms with Crippen molar-refractivity contribution in [2.45, 2.75) is 31.8 Å². The lowest BCUT2D eigenvalue weighted by atomic mass is 10.2. The highest BCUT2D eigenvalue weighted by molar-refractivity contribution is 7.92. The van der Waals surface area contributed by atoms with Gasteiger partial charge in [-0.25, -0.2) is 8.42 Å². The van der Waals surface area contributed by atoms with Crippen molar-refractivity contribution in [3.8, 4) is 11.5 Å². The van der Waals surface area contributed by atoms with Crippen LogP contribution in [0.15, 0.2) is 18.2 Å². The summed E-state index contributed by atoms with van der Waals surface area (Å²) in [5, 5.41) is 2.84. The van der Waals surface area contributed by atoms with Gasteiger partial charge < -0.3 is 19.5 Å². The van der Waals surface area contributed by atoms with Crippen LogP contribution < -0.4 is 19.1 Å². The van der Waals surface area contributed by atoms with Crippen molar-refractivity contribution in [1.29, 1.82) is 0 Å². The normalized spacial score (nSPS) is 18.7. The first-order valence-corrected chi connectivity index (χ1v) is 10.5. The molecule has 2 heterocycles. The average molecular weight is 384 g/mol. The molecule has 0 aromatic heterocycles. The Bertz CT molecular complexity index is 746. The van der Waals surface area contributed by atoms with Crippen molar-refractivity contribution < 1.29 is 27.4 Å². The van der Waals surface area contributed by atoms with E-state index in [4.69, 9.17) is 14.2 Å². The van der Waals surface area contributed by atoms with Crippen LogP contribution in [0.3, 0.4) is 0 Å². The van der Waals surface area contributed by atoms with E-state index in [9.17, 15) is 13.2 Å². The number of rotatable bonds is 8. The minimum Gasteiger partial charge on any atom is -0.454 e. The quantitative estimate of drug-likeness (QED) is 0.725. The Kier molecular flexibility index (Phi) is 5.87. The molecule has 2 aliphatic rings. The summed E-state index contributed by atoms with van der Waals surface area (Å²) in [7, 11) is -3.47. The Morgan fingerprint density at radius 3 is 2.85 bits per heavy atom. The molecular weight excluding hydrogens is 360 g/mol. The molecule has 0 aliphatic carbocycles. The number of ether oxygens (including phenoxy) is 3. The summed E-state index contributed by atoms with van der Waals surface area (Å²) in [5.74, 6) is 1.01. The van der Waals surface area contributed by atoms with Gasteiger partial charge in [-0.15, -0.1) is 0 Å². The smallest absolute Gasteiger partial charge is 0.232 e. The van der Waals surface area contributed by atoms with Gasteiger partial charge in [-0.2, -0.15) is 0 Å². The third-order valence-corrected chi connectivity index (χ3v) is 5.55. The predicted octanol–water partition coefficient (Wildman–Crippen LogP) is 1.26. The number of anilines is 1. The number of carbonyl (C=O) groups excluding carboxylic acids is 1. The van der Waals surface area contributed by atoms with Crippen LogP contribution in [-0.4, -0.2) is 53.2 Å². The van der Waals surface area contributed by atoms with E-state index in [0.29, 0.717) is 30.2 Å². The zero-order valence-electron chi connectivity index (χ0n) is 14.8. The molecule has 9 heteroatoms. The van der Waals surface area contributed by atoms with Gasteiger partial charge >= 0.3 is 0 Å². The lowest BCUT2D eigenvalue weighted by Crippen LogP contribution is -2.34. The number of fused-ring (bicyclic) bond motifs is 1. The largest absolute Gasteiger partial charge is 0.454 e. The first-order chi connectivity index (χ1) is 12.4. The SMILES string of the molecule is CS(=O)(=O)N(CCCC(=O)NC[C@H]1CCCO1)c1ccc2c(c1)OCO2. The third kappa shape index (κ3) is 4.79. The second kappa shape index (κ2) is 8.13. The molecule has 0 saturated carbocycles. The van der Waals surface area contributed by atoms with Crippen molar-refractivity contribution in [3.63, 3.8) is 0 Å². The number of hydrogen-bond donors (Lipinski definition) is 1. The van der Waals surface area contributed by atoms with E-state index >= 15 is 0 Å². The van der Waals surface area contributed by atoms with E-state index in [1.165, 1.54) is 4.31 Å². The molecular formula is C17H24N2O6S. The highest BCUT2D eigenvalue weighted by atomic mass is 32.2. The molecule has 26 heavy (non-hydrogen) atoms. The molecule has 1 aromatic rings. The first-order valence-electron chi connectivity index (χ1n) is 8.69. The summed E-state index contributed by atoms with van der Waals surface area (Å²) in [5.41, 5.74) is 0.497. The fraction of sp³-hybridized carbons (Fsp3) is 0.588. The van der Waals surface area contributed by atoms with Crippen molar-refractivity contribution in [2.24, 2.45) is 0 Å². The molecule has 0 bridgehead atoms. The Hall–Kier alpha value is -2.00. The van der Waals surface area contributed by atoms with Crippen LogP contribution >= 0.6 is 0 Å². The number of nitrogens with zero attached hydrogens (tertiary/aromatic N) is 1. The zero-order chi connectivity index (χ0) is 18.6. The maximum absolute atomic E-state index is 12.1. The fourth-order valence-corrected chi connectivity index (χ4v) is 3.99. The first kappa shape index (κ1) is 18.8. The van der Waals surface area contributed by atoms with Gasteiger partial charge in [0.2, 0.25) is 22.7 Å². The third-order valence-electron chi connectivity index (χ3n) is 4.36. The van der Waals surface area contributed by atoms with Gasteiger partial charge in [0.15, 0.2) is 11.5 Å². The molecule has 0 unspecified atom stereocenters. The molecule has 1 aromatic carbocycles. The van der Waals surface area contributed by atoms with Gasteiger partial charge in [-0.3, -0.25) is 9.10 Å². The Balaban J connectivity index is 1.53. The molecule has 1 saturated heterocycles. The van der Waals surface area contributed by atoms with Gasteiger partial charge in [-0.05, 0) is 31.4 Å². The Morgan fingerprint density at radius 2 is 2.12 bits per heavy atom. The number of benzene rings is 1. The molecule has 0 spiro atoms. The van der Waals surface area contributed by atoms with Crippen LogP contribution in [0.5, 0.6) is 11.5 Å². The van der Waals surface area contributed by atoms with Gasteiger partial charge in [-0.1, -0.05) is 0 Å². The number of sulfonamides is 1. The van der Waals surface area contributed by atoms with Crippen molar-refractivity contribution in [3.05, 3.63) is 18.2 Å².